The van der Waals surface area contributed by atoms with E-state index in [4.69, 9.17) is 5.73 Å². The standard InChI is InChI=1S/C10H21N3O/c1-10(2,9(11)14)7-13-8-4-3-5-12-6-8/h8,12-13H,3-7H2,1-2H3,(H2,11,14). The second kappa shape index (κ2) is 4.75. The molecule has 1 atom stereocenters. The zero-order valence-electron chi connectivity index (χ0n) is 9.10. The Kier molecular flexibility index (Phi) is 3.89. The molecule has 1 amide bonds. The highest BCUT2D eigenvalue weighted by Crippen LogP contribution is 2.13. The van der Waals surface area contributed by atoms with Crippen molar-refractivity contribution < 1.29 is 4.79 Å². The summed E-state index contributed by atoms with van der Waals surface area (Å²) in [5, 5.41) is 6.70. The molecule has 0 saturated carbocycles. The van der Waals surface area contributed by atoms with Crippen molar-refractivity contribution in [3.05, 3.63) is 0 Å². The smallest absolute Gasteiger partial charge is 0.224 e. The number of rotatable bonds is 4. The Morgan fingerprint density at radius 2 is 2.36 bits per heavy atom. The fraction of sp³-hybridized carbons (Fsp3) is 0.900. The maximum Gasteiger partial charge on any atom is 0.224 e. The van der Waals surface area contributed by atoms with Crippen LogP contribution in [0.15, 0.2) is 0 Å². The van der Waals surface area contributed by atoms with Gasteiger partial charge in [0.05, 0.1) is 5.41 Å². The van der Waals surface area contributed by atoms with E-state index in [0.717, 1.165) is 13.1 Å². The molecule has 82 valence electrons. The average Bonchev–Trinajstić information content (AvgIpc) is 2.16. The molecular formula is C10H21N3O. The summed E-state index contributed by atoms with van der Waals surface area (Å²) in [4.78, 5) is 11.1. The van der Waals surface area contributed by atoms with Gasteiger partial charge in [-0.25, -0.2) is 0 Å². The van der Waals surface area contributed by atoms with Crippen molar-refractivity contribution >= 4 is 5.91 Å². The summed E-state index contributed by atoms with van der Waals surface area (Å²) in [6.07, 6.45) is 2.39. The summed E-state index contributed by atoms with van der Waals surface area (Å²) in [6.45, 7) is 6.51. The third-order valence-electron chi connectivity index (χ3n) is 2.80. The predicted octanol–water partition coefficient (Wildman–Crippen LogP) is -0.160. The maximum absolute atomic E-state index is 11.1. The highest BCUT2D eigenvalue weighted by atomic mass is 16.1. The van der Waals surface area contributed by atoms with Crippen LogP contribution < -0.4 is 16.4 Å². The molecule has 0 aromatic heterocycles. The lowest BCUT2D eigenvalue weighted by Gasteiger charge is -2.28. The third kappa shape index (κ3) is 3.27. The molecule has 1 aliphatic rings. The highest BCUT2D eigenvalue weighted by molar-refractivity contribution is 5.80. The summed E-state index contributed by atoms with van der Waals surface area (Å²) < 4.78 is 0. The van der Waals surface area contributed by atoms with E-state index in [-0.39, 0.29) is 5.91 Å². The van der Waals surface area contributed by atoms with E-state index in [1.807, 2.05) is 13.8 Å². The van der Waals surface area contributed by atoms with Crippen LogP contribution in [-0.4, -0.2) is 31.6 Å². The van der Waals surface area contributed by atoms with Crippen molar-refractivity contribution in [3.63, 3.8) is 0 Å². The first-order valence-electron chi connectivity index (χ1n) is 5.26. The van der Waals surface area contributed by atoms with Crippen molar-refractivity contribution in [1.82, 2.24) is 10.6 Å². The van der Waals surface area contributed by atoms with E-state index >= 15 is 0 Å². The number of piperidine rings is 1. The SMILES string of the molecule is CC(C)(CNC1CCCNC1)C(N)=O. The Labute approximate surface area is 85.6 Å². The Morgan fingerprint density at radius 3 is 2.86 bits per heavy atom. The van der Waals surface area contributed by atoms with Crippen molar-refractivity contribution in [2.45, 2.75) is 32.7 Å². The van der Waals surface area contributed by atoms with Gasteiger partial charge in [0.1, 0.15) is 0 Å². The number of amides is 1. The van der Waals surface area contributed by atoms with Gasteiger partial charge >= 0.3 is 0 Å². The number of hydrogen-bond donors (Lipinski definition) is 3. The minimum Gasteiger partial charge on any atom is -0.369 e. The molecule has 0 radical (unpaired) electrons. The van der Waals surface area contributed by atoms with E-state index in [1.54, 1.807) is 0 Å². The zero-order chi connectivity index (χ0) is 10.6. The molecule has 4 N–H and O–H groups in total. The summed E-state index contributed by atoms with van der Waals surface area (Å²) in [5.41, 5.74) is 4.84. The molecule has 0 aromatic carbocycles. The van der Waals surface area contributed by atoms with Crippen molar-refractivity contribution in [2.75, 3.05) is 19.6 Å². The first-order chi connectivity index (χ1) is 6.52. The topological polar surface area (TPSA) is 67.2 Å². The second-order valence-corrected chi connectivity index (χ2v) is 4.67. The maximum atomic E-state index is 11.1. The predicted molar refractivity (Wildman–Crippen MR) is 56.9 cm³/mol. The fourth-order valence-electron chi connectivity index (χ4n) is 1.51. The molecule has 0 bridgehead atoms. The molecule has 1 rings (SSSR count). The normalized spacial score (nSPS) is 23.4. The van der Waals surface area contributed by atoms with Gasteiger partial charge in [-0.3, -0.25) is 4.79 Å². The van der Waals surface area contributed by atoms with E-state index in [2.05, 4.69) is 10.6 Å². The minimum absolute atomic E-state index is 0.242. The Balaban J connectivity index is 2.28. The molecule has 1 heterocycles. The zero-order valence-corrected chi connectivity index (χ0v) is 9.10. The van der Waals surface area contributed by atoms with Crippen LogP contribution in [-0.2, 0) is 4.79 Å². The molecule has 1 fully saturated rings. The van der Waals surface area contributed by atoms with Crippen LogP contribution in [0.5, 0.6) is 0 Å². The van der Waals surface area contributed by atoms with Crippen LogP contribution in [0.25, 0.3) is 0 Å². The fourth-order valence-corrected chi connectivity index (χ4v) is 1.51. The number of nitrogens with one attached hydrogen (secondary N) is 2. The number of nitrogens with two attached hydrogens (primary N) is 1. The van der Waals surface area contributed by atoms with Crippen molar-refractivity contribution in [1.29, 1.82) is 0 Å². The molecule has 0 spiro atoms. The van der Waals surface area contributed by atoms with E-state index in [9.17, 15) is 4.79 Å². The van der Waals surface area contributed by atoms with E-state index < -0.39 is 5.41 Å². The van der Waals surface area contributed by atoms with Gasteiger partial charge in [-0.05, 0) is 33.2 Å². The molecular weight excluding hydrogens is 178 g/mol. The number of carbonyl (C=O) groups is 1. The molecule has 0 aliphatic carbocycles. The first-order valence-corrected chi connectivity index (χ1v) is 5.26. The van der Waals surface area contributed by atoms with Gasteiger partial charge in [-0.2, -0.15) is 0 Å². The Bertz CT molecular complexity index is 198. The van der Waals surface area contributed by atoms with Crippen LogP contribution >= 0.6 is 0 Å². The van der Waals surface area contributed by atoms with Crippen LogP contribution in [0.3, 0.4) is 0 Å². The largest absolute Gasteiger partial charge is 0.369 e. The van der Waals surface area contributed by atoms with Gasteiger partial charge in [0.2, 0.25) is 5.91 Å². The molecule has 14 heavy (non-hydrogen) atoms. The summed E-state index contributed by atoms with van der Waals surface area (Å²) in [5.74, 6) is -0.242. The summed E-state index contributed by atoms with van der Waals surface area (Å²) in [7, 11) is 0. The summed E-state index contributed by atoms with van der Waals surface area (Å²) >= 11 is 0. The minimum atomic E-state index is -0.447. The van der Waals surface area contributed by atoms with Gasteiger partial charge in [-0.1, -0.05) is 0 Å². The van der Waals surface area contributed by atoms with Gasteiger partial charge in [0.15, 0.2) is 0 Å². The van der Waals surface area contributed by atoms with Gasteiger partial charge in [-0.15, -0.1) is 0 Å². The van der Waals surface area contributed by atoms with Gasteiger partial charge in [0.25, 0.3) is 0 Å². The monoisotopic (exact) mass is 199 g/mol. The number of primary amides is 1. The number of hydrogen-bond acceptors (Lipinski definition) is 3. The van der Waals surface area contributed by atoms with E-state index in [1.165, 1.54) is 12.8 Å². The molecule has 1 saturated heterocycles. The molecule has 1 aliphatic heterocycles. The molecule has 1 unspecified atom stereocenters. The van der Waals surface area contributed by atoms with E-state index in [0.29, 0.717) is 12.6 Å². The molecule has 4 nitrogen and oxygen atoms in total. The van der Waals surface area contributed by atoms with Crippen LogP contribution in [0.2, 0.25) is 0 Å². The second-order valence-electron chi connectivity index (χ2n) is 4.67. The van der Waals surface area contributed by atoms with Crippen LogP contribution in [0, 0.1) is 5.41 Å². The van der Waals surface area contributed by atoms with Gasteiger partial charge < -0.3 is 16.4 Å². The highest BCUT2D eigenvalue weighted by Gasteiger charge is 2.25. The lowest BCUT2D eigenvalue weighted by molar-refractivity contribution is -0.125. The Hall–Kier alpha value is -0.610. The molecule has 4 heteroatoms. The van der Waals surface area contributed by atoms with Crippen molar-refractivity contribution in [2.24, 2.45) is 11.1 Å². The van der Waals surface area contributed by atoms with Gasteiger partial charge in [0, 0.05) is 19.1 Å². The lowest BCUT2D eigenvalue weighted by atomic mass is 9.92. The molecule has 0 aromatic rings. The summed E-state index contributed by atoms with van der Waals surface area (Å²) in [6, 6.07) is 0.488. The first kappa shape index (κ1) is 11.5. The average molecular weight is 199 g/mol. The quantitative estimate of drug-likeness (QED) is 0.589. The lowest BCUT2D eigenvalue weighted by Crippen LogP contribution is -2.48. The third-order valence-corrected chi connectivity index (χ3v) is 2.80. The number of carbonyl (C=O) groups excluding carboxylic acids is 1. The Morgan fingerprint density at radius 1 is 1.64 bits per heavy atom. The van der Waals surface area contributed by atoms with Crippen molar-refractivity contribution in [3.8, 4) is 0 Å². The van der Waals surface area contributed by atoms with Crippen LogP contribution in [0.4, 0.5) is 0 Å². The van der Waals surface area contributed by atoms with Crippen LogP contribution in [0.1, 0.15) is 26.7 Å².